The van der Waals surface area contributed by atoms with Crippen LogP contribution in [0.5, 0.6) is 0 Å². The molecule has 1 N–H and O–H groups in total. The zero-order valence-electron chi connectivity index (χ0n) is 12.6. The lowest BCUT2D eigenvalue weighted by atomic mass is 10.2. The van der Waals surface area contributed by atoms with Gasteiger partial charge < -0.3 is 0 Å². The van der Waals surface area contributed by atoms with Crippen LogP contribution in [0.25, 0.3) is 0 Å². The smallest absolute Gasteiger partial charge is 0.229 e. The molecule has 0 fully saturated rings. The fourth-order valence-electron chi connectivity index (χ4n) is 2.80. The highest BCUT2D eigenvalue weighted by atomic mass is 32.2. The van der Waals surface area contributed by atoms with Gasteiger partial charge in [0.25, 0.3) is 0 Å². The van der Waals surface area contributed by atoms with Crippen LogP contribution in [-0.4, -0.2) is 26.1 Å². The van der Waals surface area contributed by atoms with Crippen LogP contribution in [0.15, 0.2) is 35.7 Å². The number of thiophene rings is 1. The molecule has 0 unspecified atom stereocenters. The molecule has 4 nitrogen and oxygen atoms in total. The Bertz CT molecular complexity index is 736. The van der Waals surface area contributed by atoms with Crippen LogP contribution in [-0.2, 0) is 29.5 Å². The van der Waals surface area contributed by atoms with Gasteiger partial charge in [-0.1, -0.05) is 12.1 Å². The monoisotopic (exact) mass is 336 g/mol. The predicted molar refractivity (Wildman–Crippen MR) is 91.7 cm³/mol. The third-order valence-corrected chi connectivity index (χ3v) is 5.40. The average Bonchev–Trinajstić information content (AvgIpc) is 2.78. The van der Waals surface area contributed by atoms with E-state index in [2.05, 4.69) is 21.1 Å². The summed E-state index contributed by atoms with van der Waals surface area (Å²) in [6.07, 6.45) is 3.54. The standard InChI is InChI=1S/C16H20N2O2S2/c1-22(19,20)17-15-6-4-13(5-7-15)11-18-9-2-3-16-14(12-18)8-10-21-16/h4-8,10,17H,2-3,9,11-12H2,1H3. The number of benzene rings is 1. The molecule has 1 aromatic heterocycles. The van der Waals surface area contributed by atoms with Crippen LogP contribution in [0.1, 0.15) is 22.4 Å². The van der Waals surface area contributed by atoms with Gasteiger partial charge in [-0.25, -0.2) is 8.42 Å². The van der Waals surface area contributed by atoms with Crippen molar-refractivity contribution in [3.8, 4) is 0 Å². The molecule has 0 radical (unpaired) electrons. The molecule has 3 rings (SSSR count). The van der Waals surface area contributed by atoms with Gasteiger partial charge in [0.2, 0.25) is 10.0 Å². The van der Waals surface area contributed by atoms with Gasteiger partial charge in [0.1, 0.15) is 0 Å². The van der Waals surface area contributed by atoms with E-state index >= 15 is 0 Å². The van der Waals surface area contributed by atoms with Gasteiger partial charge in [-0.15, -0.1) is 11.3 Å². The molecule has 1 aromatic carbocycles. The zero-order chi connectivity index (χ0) is 15.6. The van der Waals surface area contributed by atoms with Crippen molar-refractivity contribution in [3.05, 3.63) is 51.7 Å². The Morgan fingerprint density at radius 1 is 1.23 bits per heavy atom. The molecule has 118 valence electrons. The van der Waals surface area contributed by atoms with Crippen LogP contribution in [0.2, 0.25) is 0 Å². The molecule has 0 saturated heterocycles. The van der Waals surface area contributed by atoms with Gasteiger partial charge in [-0.05, 0) is 54.1 Å². The van der Waals surface area contributed by atoms with Gasteiger partial charge in [-0.3, -0.25) is 9.62 Å². The van der Waals surface area contributed by atoms with Crippen molar-refractivity contribution in [3.63, 3.8) is 0 Å². The number of aryl methyl sites for hydroxylation is 1. The predicted octanol–water partition coefficient (Wildman–Crippen LogP) is 3.07. The minimum Gasteiger partial charge on any atom is -0.295 e. The molecule has 6 heteroatoms. The molecular weight excluding hydrogens is 316 g/mol. The van der Waals surface area contributed by atoms with E-state index < -0.39 is 10.0 Å². The second-order valence-corrected chi connectivity index (χ2v) is 8.50. The largest absolute Gasteiger partial charge is 0.295 e. The minimum atomic E-state index is -3.21. The third-order valence-electron chi connectivity index (χ3n) is 3.77. The van der Waals surface area contributed by atoms with Gasteiger partial charge in [0.05, 0.1) is 6.26 Å². The lowest BCUT2D eigenvalue weighted by Gasteiger charge is -2.20. The molecule has 22 heavy (non-hydrogen) atoms. The van der Waals surface area contributed by atoms with Gasteiger partial charge in [-0.2, -0.15) is 0 Å². The van der Waals surface area contributed by atoms with Crippen molar-refractivity contribution < 1.29 is 8.42 Å². The molecule has 1 aliphatic heterocycles. The number of fused-ring (bicyclic) bond motifs is 1. The summed E-state index contributed by atoms with van der Waals surface area (Å²) >= 11 is 1.86. The maximum Gasteiger partial charge on any atom is 0.229 e. The fraction of sp³-hybridized carbons (Fsp3) is 0.375. The second-order valence-electron chi connectivity index (χ2n) is 5.75. The van der Waals surface area contributed by atoms with Crippen molar-refractivity contribution in [2.45, 2.75) is 25.9 Å². The molecular formula is C16H20N2O2S2. The summed E-state index contributed by atoms with van der Waals surface area (Å²) < 4.78 is 24.9. The molecule has 1 aliphatic rings. The maximum absolute atomic E-state index is 11.2. The summed E-state index contributed by atoms with van der Waals surface area (Å²) in [5.41, 5.74) is 3.28. The average molecular weight is 336 g/mol. The summed E-state index contributed by atoms with van der Waals surface area (Å²) in [4.78, 5) is 3.98. The number of hydrogen-bond donors (Lipinski definition) is 1. The first kappa shape index (κ1) is 15.5. The van der Waals surface area contributed by atoms with E-state index in [-0.39, 0.29) is 0 Å². The van der Waals surface area contributed by atoms with Crippen molar-refractivity contribution in [2.75, 3.05) is 17.5 Å². The Morgan fingerprint density at radius 2 is 2.00 bits per heavy atom. The SMILES string of the molecule is CS(=O)(=O)Nc1ccc(CN2CCCc3sccc3C2)cc1. The Morgan fingerprint density at radius 3 is 2.73 bits per heavy atom. The Kier molecular flexibility index (Phi) is 4.52. The van der Waals surface area contributed by atoms with Gasteiger partial charge in [0.15, 0.2) is 0 Å². The van der Waals surface area contributed by atoms with Crippen molar-refractivity contribution in [2.24, 2.45) is 0 Å². The summed E-state index contributed by atoms with van der Waals surface area (Å²) in [5.74, 6) is 0. The van der Waals surface area contributed by atoms with E-state index in [1.165, 1.54) is 28.8 Å². The first-order valence-electron chi connectivity index (χ1n) is 7.34. The molecule has 0 aliphatic carbocycles. The first-order valence-corrected chi connectivity index (χ1v) is 10.1. The van der Waals surface area contributed by atoms with E-state index in [0.29, 0.717) is 5.69 Å². The van der Waals surface area contributed by atoms with Gasteiger partial charge in [0, 0.05) is 23.7 Å². The van der Waals surface area contributed by atoms with Crippen LogP contribution in [0.4, 0.5) is 5.69 Å². The molecule has 0 saturated carbocycles. The molecule has 0 spiro atoms. The number of rotatable bonds is 4. The highest BCUT2D eigenvalue weighted by molar-refractivity contribution is 7.92. The number of hydrogen-bond acceptors (Lipinski definition) is 4. The summed E-state index contributed by atoms with van der Waals surface area (Å²) in [6, 6.07) is 9.87. The normalized spacial score (nSPS) is 16.0. The highest BCUT2D eigenvalue weighted by Crippen LogP contribution is 2.24. The third kappa shape index (κ3) is 4.09. The number of nitrogens with one attached hydrogen (secondary N) is 1. The Hall–Kier alpha value is -1.37. The summed E-state index contributed by atoms with van der Waals surface area (Å²) in [5, 5.41) is 2.18. The number of anilines is 1. The van der Waals surface area contributed by atoms with Crippen LogP contribution in [0, 0.1) is 0 Å². The van der Waals surface area contributed by atoms with Crippen LogP contribution >= 0.6 is 11.3 Å². The van der Waals surface area contributed by atoms with E-state index in [0.717, 1.165) is 25.9 Å². The second kappa shape index (κ2) is 6.40. The molecule has 0 atom stereocenters. The molecule has 2 heterocycles. The maximum atomic E-state index is 11.2. The van der Waals surface area contributed by atoms with Crippen molar-refractivity contribution in [1.29, 1.82) is 0 Å². The van der Waals surface area contributed by atoms with Crippen molar-refractivity contribution >= 4 is 27.0 Å². The molecule has 0 amide bonds. The highest BCUT2D eigenvalue weighted by Gasteiger charge is 2.15. The zero-order valence-corrected chi connectivity index (χ0v) is 14.2. The lowest BCUT2D eigenvalue weighted by Crippen LogP contribution is -2.22. The number of sulfonamides is 1. The topological polar surface area (TPSA) is 49.4 Å². The van der Waals surface area contributed by atoms with E-state index in [9.17, 15) is 8.42 Å². The van der Waals surface area contributed by atoms with Crippen molar-refractivity contribution in [1.82, 2.24) is 4.90 Å². The van der Waals surface area contributed by atoms with Crippen LogP contribution < -0.4 is 4.72 Å². The van der Waals surface area contributed by atoms with Crippen LogP contribution in [0.3, 0.4) is 0 Å². The van der Waals surface area contributed by atoms with E-state index in [4.69, 9.17) is 0 Å². The summed E-state index contributed by atoms with van der Waals surface area (Å²) in [6.45, 7) is 3.00. The van der Waals surface area contributed by atoms with E-state index in [1.54, 1.807) is 0 Å². The lowest BCUT2D eigenvalue weighted by molar-refractivity contribution is 0.261. The Labute approximate surface area is 135 Å². The van der Waals surface area contributed by atoms with E-state index in [1.807, 2.05) is 35.6 Å². The first-order chi connectivity index (χ1) is 10.5. The fourth-order valence-corrected chi connectivity index (χ4v) is 4.30. The number of nitrogens with zero attached hydrogens (tertiary/aromatic N) is 1. The minimum absolute atomic E-state index is 0.613. The van der Waals surface area contributed by atoms with Gasteiger partial charge >= 0.3 is 0 Å². The summed E-state index contributed by atoms with van der Waals surface area (Å²) in [7, 11) is -3.21. The molecule has 0 bridgehead atoms. The Balaban J connectivity index is 1.66. The quantitative estimate of drug-likeness (QED) is 0.933. The molecule has 2 aromatic rings.